The average Bonchev–Trinajstić information content (AvgIpc) is 2.71. The molecule has 0 aromatic heterocycles. The Balaban J connectivity index is 1.87. The molecule has 0 radical (unpaired) electrons. The lowest BCUT2D eigenvalue weighted by Crippen LogP contribution is -2.41. The molecule has 0 spiro atoms. The first-order chi connectivity index (χ1) is 8.69. The van der Waals surface area contributed by atoms with Crippen LogP contribution in [0, 0.1) is 0 Å². The van der Waals surface area contributed by atoms with Crippen LogP contribution in [0.15, 0.2) is 30.3 Å². The predicted octanol–water partition coefficient (Wildman–Crippen LogP) is -0.00630. The monoisotopic (exact) mass is 266 g/mol. The van der Waals surface area contributed by atoms with E-state index in [4.69, 9.17) is 5.84 Å². The zero-order chi connectivity index (χ0) is 13.0. The summed E-state index contributed by atoms with van der Waals surface area (Å²) in [5, 5.41) is 4.96. The van der Waals surface area contributed by atoms with Crippen LogP contribution in [-0.2, 0) is 9.59 Å². The number of thioether (sulfide) groups is 1. The summed E-state index contributed by atoms with van der Waals surface area (Å²) in [7, 11) is 0. The van der Waals surface area contributed by atoms with Gasteiger partial charge < -0.3 is 10.6 Å². The van der Waals surface area contributed by atoms with Gasteiger partial charge in [-0.15, -0.1) is 11.8 Å². The standard InChI is InChI=1S/C11H14N4O2S/c12-15-11-14-10(17)8(18-11)6-9(16)13-7-4-2-1-3-5-7/h1-5,8,11,15H,6,12H2,(H,13,16)(H,14,17). The predicted molar refractivity (Wildman–Crippen MR) is 70.3 cm³/mol. The fourth-order valence-corrected chi connectivity index (χ4v) is 2.64. The number of para-hydroxylation sites is 1. The molecule has 6 nitrogen and oxygen atoms in total. The van der Waals surface area contributed by atoms with Gasteiger partial charge in [0, 0.05) is 12.1 Å². The van der Waals surface area contributed by atoms with E-state index >= 15 is 0 Å². The van der Waals surface area contributed by atoms with Crippen molar-refractivity contribution in [3.05, 3.63) is 30.3 Å². The Morgan fingerprint density at radius 1 is 1.39 bits per heavy atom. The molecule has 7 heteroatoms. The van der Waals surface area contributed by atoms with Gasteiger partial charge in [0.25, 0.3) is 0 Å². The van der Waals surface area contributed by atoms with E-state index in [1.807, 2.05) is 18.2 Å². The molecule has 2 atom stereocenters. The van der Waals surface area contributed by atoms with Crippen LogP contribution in [0.2, 0.25) is 0 Å². The van der Waals surface area contributed by atoms with E-state index in [-0.39, 0.29) is 23.7 Å². The van der Waals surface area contributed by atoms with E-state index in [2.05, 4.69) is 16.1 Å². The molecule has 18 heavy (non-hydrogen) atoms. The molecule has 5 N–H and O–H groups in total. The van der Waals surface area contributed by atoms with Crippen molar-refractivity contribution in [2.24, 2.45) is 5.84 Å². The third-order valence-corrected chi connectivity index (χ3v) is 3.68. The third-order valence-electron chi connectivity index (χ3n) is 2.45. The molecule has 0 bridgehead atoms. The second-order valence-corrected chi connectivity index (χ2v) is 5.11. The summed E-state index contributed by atoms with van der Waals surface area (Å²) in [6.45, 7) is 0. The van der Waals surface area contributed by atoms with E-state index in [9.17, 15) is 9.59 Å². The van der Waals surface area contributed by atoms with Crippen LogP contribution in [0.3, 0.4) is 0 Å². The van der Waals surface area contributed by atoms with Gasteiger partial charge in [-0.25, -0.2) is 5.43 Å². The molecule has 1 fully saturated rings. The van der Waals surface area contributed by atoms with Crippen LogP contribution >= 0.6 is 11.8 Å². The molecule has 1 heterocycles. The molecule has 2 amide bonds. The number of carbonyl (C=O) groups excluding carboxylic acids is 2. The van der Waals surface area contributed by atoms with Crippen molar-refractivity contribution >= 4 is 29.3 Å². The van der Waals surface area contributed by atoms with Gasteiger partial charge in [-0.2, -0.15) is 0 Å². The van der Waals surface area contributed by atoms with Crippen molar-refractivity contribution < 1.29 is 9.59 Å². The highest BCUT2D eigenvalue weighted by molar-refractivity contribution is 8.01. The van der Waals surface area contributed by atoms with Gasteiger partial charge in [0.2, 0.25) is 11.8 Å². The fraction of sp³-hybridized carbons (Fsp3) is 0.273. The second-order valence-electron chi connectivity index (χ2n) is 3.80. The molecule has 1 aliphatic rings. The van der Waals surface area contributed by atoms with Gasteiger partial charge in [0.15, 0.2) is 0 Å². The van der Waals surface area contributed by atoms with Gasteiger partial charge in [0.1, 0.15) is 5.50 Å². The summed E-state index contributed by atoms with van der Waals surface area (Å²) in [6, 6.07) is 9.13. The molecule has 2 rings (SSSR count). The van der Waals surface area contributed by atoms with Crippen LogP contribution in [-0.4, -0.2) is 22.6 Å². The molecule has 1 aliphatic heterocycles. The molecule has 1 aromatic carbocycles. The summed E-state index contributed by atoms with van der Waals surface area (Å²) >= 11 is 1.30. The maximum Gasteiger partial charge on any atom is 0.235 e. The minimum atomic E-state index is -0.408. The lowest BCUT2D eigenvalue weighted by molar-refractivity contribution is -0.123. The van der Waals surface area contributed by atoms with E-state index < -0.39 is 5.25 Å². The smallest absolute Gasteiger partial charge is 0.235 e. The first-order valence-corrected chi connectivity index (χ1v) is 6.40. The van der Waals surface area contributed by atoms with Gasteiger partial charge in [0.05, 0.1) is 5.25 Å². The third kappa shape index (κ3) is 3.22. The number of nitrogens with one attached hydrogen (secondary N) is 3. The van der Waals surface area contributed by atoms with Crippen molar-refractivity contribution in [2.75, 3.05) is 5.32 Å². The number of benzene rings is 1. The number of hydrogen-bond acceptors (Lipinski definition) is 5. The van der Waals surface area contributed by atoms with Crippen molar-refractivity contribution in [3.63, 3.8) is 0 Å². The van der Waals surface area contributed by atoms with E-state index in [1.54, 1.807) is 12.1 Å². The lowest BCUT2D eigenvalue weighted by atomic mass is 10.2. The minimum absolute atomic E-state index is 0.129. The van der Waals surface area contributed by atoms with Crippen LogP contribution in [0.5, 0.6) is 0 Å². The van der Waals surface area contributed by atoms with Crippen molar-refractivity contribution in [1.82, 2.24) is 10.7 Å². The Hall–Kier alpha value is -1.57. The van der Waals surface area contributed by atoms with Gasteiger partial charge in [-0.05, 0) is 12.1 Å². The van der Waals surface area contributed by atoms with Crippen molar-refractivity contribution in [2.45, 2.75) is 17.2 Å². The quantitative estimate of drug-likeness (QED) is 0.454. The molecule has 0 aliphatic carbocycles. The Morgan fingerprint density at radius 2 is 2.11 bits per heavy atom. The van der Waals surface area contributed by atoms with Crippen LogP contribution < -0.4 is 21.9 Å². The van der Waals surface area contributed by atoms with Crippen LogP contribution in [0.4, 0.5) is 5.69 Å². The number of rotatable bonds is 4. The summed E-state index contributed by atoms with van der Waals surface area (Å²) in [4.78, 5) is 23.3. The van der Waals surface area contributed by atoms with Crippen molar-refractivity contribution in [3.8, 4) is 0 Å². The maximum atomic E-state index is 11.8. The van der Waals surface area contributed by atoms with Crippen LogP contribution in [0.25, 0.3) is 0 Å². The molecule has 96 valence electrons. The van der Waals surface area contributed by atoms with Crippen LogP contribution in [0.1, 0.15) is 6.42 Å². The summed E-state index contributed by atoms with van der Waals surface area (Å²) < 4.78 is 0. The Bertz CT molecular complexity index is 440. The van der Waals surface area contributed by atoms with Gasteiger partial charge >= 0.3 is 0 Å². The number of hydrogen-bond donors (Lipinski definition) is 4. The maximum absolute atomic E-state index is 11.8. The summed E-state index contributed by atoms with van der Waals surface area (Å²) in [5.41, 5.74) is 2.84. The first-order valence-electron chi connectivity index (χ1n) is 5.46. The minimum Gasteiger partial charge on any atom is -0.330 e. The number of hydrazine groups is 1. The van der Waals surface area contributed by atoms with E-state index in [1.165, 1.54) is 11.8 Å². The largest absolute Gasteiger partial charge is 0.330 e. The molecule has 1 saturated heterocycles. The topological polar surface area (TPSA) is 96.2 Å². The van der Waals surface area contributed by atoms with Crippen molar-refractivity contribution in [1.29, 1.82) is 0 Å². The SMILES string of the molecule is NNC1NC(=O)C(CC(=O)Nc2ccccc2)S1. The molecule has 1 aromatic rings. The zero-order valence-electron chi connectivity index (χ0n) is 9.55. The lowest BCUT2D eigenvalue weighted by Gasteiger charge is -2.08. The number of anilines is 1. The van der Waals surface area contributed by atoms with E-state index in [0.29, 0.717) is 0 Å². The molecule has 2 unspecified atom stereocenters. The van der Waals surface area contributed by atoms with Gasteiger partial charge in [-0.1, -0.05) is 18.2 Å². The Morgan fingerprint density at radius 3 is 2.72 bits per heavy atom. The second kappa shape index (κ2) is 5.85. The molecular formula is C11H14N4O2S. The summed E-state index contributed by atoms with van der Waals surface area (Å²) in [5.74, 6) is 4.86. The van der Waals surface area contributed by atoms with Gasteiger partial charge in [-0.3, -0.25) is 15.4 Å². The first kappa shape index (κ1) is 12.9. The Kier molecular flexibility index (Phi) is 4.19. The number of carbonyl (C=O) groups is 2. The fourth-order valence-electron chi connectivity index (χ4n) is 1.61. The highest BCUT2D eigenvalue weighted by Crippen LogP contribution is 2.24. The highest BCUT2D eigenvalue weighted by Gasteiger charge is 2.33. The number of amides is 2. The normalized spacial score (nSPS) is 22.6. The molecular weight excluding hydrogens is 252 g/mol. The highest BCUT2D eigenvalue weighted by atomic mass is 32.2. The summed E-state index contributed by atoms with van der Waals surface area (Å²) in [6.07, 6.45) is 0.129. The zero-order valence-corrected chi connectivity index (χ0v) is 10.4. The average molecular weight is 266 g/mol. The number of nitrogens with two attached hydrogens (primary N) is 1. The van der Waals surface area contributed by atoms with E-state index in [0.717, 1.165) is 5.69 Å². The molecule has 0 saturated carbocycles. The Labute approximate surface area is 109 Å².